The number of hydrogen-bond acceptors (Lipinski definition) is 2. The Morgan fingerprint density at radius 1 is 1.43 bits per heavy atom. The fraction of sp³-hybridized carbons (Fsp3) is 0.250. The van der Waals surface area contributed by atoms with Gasteiger partial charge in [-0.2, -0.15) is 0 Å². The standard InChI is InChI=1S/C12H15NO/c1-3-5-11(4-2)12-7-6-10(9-14)8-13-12/h3-8,14H,9H2,1-2H3/b5-3-,11-4+. The van der Waals surface area contributed by atoms with Gasteiger partial charge in [-0.05, 0) is 31.1 Å². The van der Waals surface area contributed by atoms with Crippen molar-refractivity contribution in [2.45, 2.75) is 20.5 Å². The normalized spacial score (nSPS) is 12.4. The molecule has 0 radical (unpaired) electrons. The maximum absolute atomic E-state index is 8.86. The Morgan fingerprint density at radius 2 is 2.21 bits per heavy atom. The van der Waals surface area contributed by atoms with Gasteiger partial charge < -0.3 is 5.11 Å². The van der Waals surface area contributed by atoms with Crippen molar-refractivity contribution in [3.63, 3.8) is 0 Å². The highest BCUT2D eigenvalue weighted by Gasteiger charge is 1.97. The topological polar surface area (TPSA) is 33.1 Å². The zero-order valence-electron chi connectivity index (χ0n) is 8.57. The van der Waals surface area contributed by atoms with E-state index in [0.29, 0.717) is 0 Å². The number of pyridine rings is 1. The second-order valence-electron chi connectivity index (χ2n) is 2.95. The molecule has 0 bridgehead atoms. The molecule has 14 heavy (non-hydrogen) atoms. The molecule has 0 saturated carbocycles. The first-order valence-electron chi connectivity index (χ1n) is 4.67. The number of allylic oxidation sites excluding steroid dienone is 4. The van der Waals surface area contributed by atoms with E-state index in [4.69, 9.17) is 5.11 Å². The monoisotopic (exact) mass is 189 g/mol. The van der Waals surface area contributed by atoms with Gasteiger partial charge in [0.2, 0.25) is 0 Å². The summed E-state index contributed by atoms with van der Waals surface area (Å²) in [6.07, 6.45) is 7.71. The van der Waals surface area contributed by atoms with Crippen molar-refractivity contribution < 1.29 is 5.11 Å². The minimum atomic E-state index is 0.0437. The Labute approximate surface area is 84.6 Å². The quantitative estimate of drug-likeness (QED) is 0.741. The minimum Gasteiger partial charge on any atom is -0.392 e. The van der Waals surface area contributed by atoms with Crippen LogP contribution in [0.1, 0.15) is 25.1 Å². The van der Waals surface area contributed by atoms with Gasteiger partial charge in [-0.3, -0.25) is 4.98 Å². The number of hydrogen-bond donors (Lipinski definition) is 1. The Hall–Kier alpha value is -1.41. The van der Waals surface area contributed by atoms with Crippen molar-refractivity contribution >= 4 is 5.57 Å². The third kappa shape index (κ3) is 2.54. The van der Waals surface area contributed by atoms with Crippen molar-refractivity contribution in [3.8, 4) is 0 Å². The fourth-order valence-corrected chi connectivity index (χ4v) is 1.20. The molecule has 0 spiro atoms. The van der Waals surface area contributed by atoms with Crippen molar-refractivity contribution in [1.29, 1.82) is 0 Å². The maximum atomic E-state index is 8.86. The molecule has 0 aliphatic carbocycles. The molecule has 0 aliphatic rings. The van der Waals surface area contributed by atoms with Crippen molar-refractivity contribution in [3.05, 3.63) is 47.8 Å². The SMILES string of the molecule is C/C=C\C(=C/C)c1ccc(CO)cn1. The number of aliphatic hydroxyl groups is 1. The molecule has 0 amide bonds. The van der Waals surface area contributed by atoms with Crippen LogP contribution in [0.2, 0.25) is 0 Å². The van der Waals surface area contributed by atoms with Gasteiger partial charge in [-0.25, -0.2) is 0 Å². The summed E-state index contributed by atoms with van der Waals surface area (Å²) in [7, 11) is 0. The molecule has 1 aromatic rings. The predicted octanol–water partition coefficient (Wildman–Crippen LogP) is 2.55. The molecule has 0 saturated heterocycles. The summed E-state index contributed by atoms with van der Waals surface area (Å²) in [6, 6.07) is 3.80. The Balaban J connectivity index is 2.96. The zero-order valence-corrected chi connectivity index (χ0v) is 8.57. The van der Waals surface area contributed by atoms with Crippen LogP contribution in [0.3, 0.4) is 0 Å². The van der Waals surface area contributed by atoms with Gasteiger partial charge in [-0.15, -0.1) is 0 Å². The van der Waals surface area contributed by atoms with Crippen LogP contribution in [-0.2, 0) is 6.61 Å². The third-order valence-electron chi connectivity index (χ3n) is 1.96. The first-order chi connectivity index (χ1) is 6.81. The van der Waals surface area contributed by atoms with E-state index in [1.165, 1.54) is 0 Å². The summed E-state index contributed by atoms with van der Waals surface area (Å²) in [5.74, 6) is 0. The highest BCUT2D eigenvalue weighted by molar-refractivity contribution is 5.71. The summed E-state index contributed by atoms with van der Waals surface area (Å²) in [5, 5.41) is 8.86. The second kappa shape index (κ2) is 5.35. The van der Waals surface area contributed by atoms with Crippen molar-refractivity contribution in [1.82, 2.24) is 4.98 Å². The van der Waals surface area contributed by atoms with E-state index >= 15 is 0 Å². The van der Waals surface area contributed by atoms with E-state index in [1.54, 1.807) is 6.20 Å². The highest BCUT2D eigenvalue weighted by atomic mass is 16.3. The molecule has 2 heteroatoms. The molecule has 0 atom stereocenters. The first-order valence-corrected chi connectivity index (χ1v) is 4.67. The maximum Gasteiger partial charge on any atom is 0.0698 e. The second-order valence-corrected chi connectivity index (χ2v) is 2.95. The molecule has 0 aliphatic heterocycles. The zero-order chi connectivity index (χ0) is 10.4. The van der Waals surface area contributed by atoms with E-state index in [9.17, 15) is 0 Å². The average Bonchev–Trinajstić information content (AvgIpc) is 2.26. The Morgan fingerprint density at radius 3 is 2.64 bits per heavy atom. The van der Waals surface area contributed by atoms with Crippen LogP contribution < -0.4 is 0 Å². The Bertz CT molecular complexity index is 336. The number of aliphatic hydroxyl groups excluding tert-OH is 1. The van der Waals surface area contributed by atoms with Gasteiger partial charge in [0, 0.05) is 6.20 Å². The van der Waals surface area contributed by atoms with E-state index in [1.807, 2.05) is 44.2 Å². The molecule has 0 fully saturated rings. The van der Waals surface area contributed by atoms with E-state index < -0.39 is 0 Å². The highest BCUT2D eigenvalue weighted by Crippen LogP contribution is 2.13. The molecular formula is C12H15NO. The predicted molar refractivity (Wildman–Crippen MR) is 58.6 cm³/mol. The Kier molecular flexibility index (Phi) is 4.08. The molecule has 74 valence electrons. The molecule has 1 aromatic heterocycles. The van der Waals surface area contributed by atoms with Gasteiger partial charge in [-0.1, -0.05) is 24.3 Å². The lowest BCUT2D eigenvalue weighted by molar-refractivity contribution is 0.281. The largest absolute Gasteiger partial charge is 0.392 e. The molecule has 0 aromatic carbocycles. The van der Waals surface area contributed by atoms with Crippen LogP contribution in [0.5, 0.6) is 0 Å². The third-order valence-corrected chi connectivity index (χ3v) is 1.96. The van der Waals surface area contributed by atoms with E-state index in [-0.39, 0.29) is 6.61 Å². The van der Waals surface area contributed by atoms with Crippen LogP contribution in [0.15, 0.2) is 36.6 Å². The van der Waals surface area contributed by atoms with Gasteiger partial charge in [0.05, 0.1) is 12.3 Å². The smallest absolute Gasteiger partial charge is 0.0698 e. The van der Waals surface area contributed by atoms with Gasteiger partial charge >= 0.3 is 0 Å². The summed E-state index contributed by atoms with van der Waals surface area (Å²) in [4.78, 5) is 4.26. The lowest BCUT2D eigenvalue weighted by Gasteiger charge is -2.01. The van der Waals surface area contributed by atoms with Crippen LogP contribution >= 0.6 is 0 Å². The van der Waals surface area contributed by atoms with Crippen molar-refractivity contribution in [2.24, 2.45) is 0 Å². The molecule has 1 heterocycles. The molecule has 0 unspecified atom stereocenters. The summed E-state index contributed by atoms with van der Waals surface area (Å²) >= 11 is 0. The molecule has 1 rings (SSSR count). The number of aromatic nitrogens is 1. The van der Waals surface area contributed by atoms with E-state index in [0.717, 1.165) is 16.8 Å². The van der Waals surface area contributed by atoms with Crippen LogP contribution in [0, 0.1) is 0 Å². The minimum absolute atomic E-state index is 0.0437. The van der Waals surface area contributed by atoms with Crippen molar-refractivity contribution in [2.75, 3.05) is 0 Å². The molecular weight excluding hydrogens is 174 g/mol. The lowest BCUT2D eigenvalue weighted by Crippen LogP contribution is -1.89. The number of rotatable bonds is 3. The lowest BCUT2D eigenvalue weighted by atomic mass is 10.1. The van der Waals surface area contributed by atoms with Crippen LogP contribution in [-0.4, -0.2) is 10.1 Å². The first kappa shape index (κ1) is 10.7. The summed E-state index contributed by atoms with van der Waals surface area (Å²) in [6.45, 7) is 4.00. The fourth-order valence-electron chi connectivity index (χ4n) is 1.20. The van der Waals surface area contributed by atoms with Crippen LogP contribution in [0.4, 0.5) is 0 Å². The summed E-state index contributed by atoms with van der Waals surface area (Å²) < 4.78 is 0. The van der Waals surface area contributed by atoms with Gasteiger partial charge in [0.1, 0.15) is 0 Å². The molecule has 1 N–H and O–H groups in total. The van der Waals surface area contributed by atoms with Gasteiger partial charge in [0.15, 0.2) is 0 Å². The van der Waals surface area contributed by atoms with Crippen LogP contribution in [0.25, 0.3) is 5.57 Å². The average molecular weight is 189 g/mol. The number of nitrogens with zero attached hydrogens (tertiary/aromatic N) is 1. The van der Waals surface area contributed by atoms with E-state index in [2.05, 4.69) is 4.98 Å². The van der Waals surface area contributed by atoms with Gasteiger partial charge in [0.25, 0.3) is 0 Å². The molecule has 2 nitrogen and oxygen atoms in total. The summed E-state index contributed by atoms with van der Waals surface area (Å²) in [5.41, 5.74) is 2.87.